The number of thioether (sulfide) groups is 1. The number of likely N-dealkylation sites (N-methyl/N-ethyl adjacent to an activating group) is 1. The van der Waals surface area contributed by atoms with Crippen LogP contribution in [0.4, 0.5) is 14.4 Å². The van der Waals surface area contributed by atoms with Crippen molar-refractivity contribution in [3.63, 3.8) is 0 Å². The lowest BCUT2D eigenvalue weighted by Crippen LogP contribution is -2.73. The zero-order valence-corrected chi connectivity index (χ0v) is 59.2. The van der Waals surface area contributed by atoms with Crippen LogP contribution in [0.5, 0.6) is 0 Å². The number of methoxy groups -OCH3 is 3. The van der Waals surface area contributed by atoms with Crippen molar-refractivity contribution in [2.24, 2.45) is 0 Å². The first kappa shape index (κ1) is 75.8. The molecule has 5 saturated heterocycles. The van der Waals surface area contributed by atoms with E-state index in [1.54, 1.807) is 13.8 Å². The van der Waals surface area contributed by atoms with E-state index < -0.39 is 158 Å². The highest BCUT2D eigenvalue weighted by molar-refractivity contribution is 7.99. The minimum atomic E-state index is -1.55. The van der Waals surface area contributed by atoms with E-state index in [0.29, 0.717) is 5.75 Å². The number of carbonyl (C=O) groups excluding carboxylic acids is 7. The van der Waals surface area contributed by atoms with Gasteiger partial charge in [0.1, 0.15) is 98.4 Å². The number of amides is 5. The Bertz CT molecular complexity index is 3660. The van der Waals surface area contributed by atoms with Gasteiger partial charge in [0, 0.05) is 47.1 Å². The SMILES string of the molecule is CCS[C@@H]1O[C@H](COC(=O)OC2C[C@@H](C(=O)NCC(=O)N3CC(OC(=O)OC[C@H]4O[C@@H](OC)[C@@H](O)[C@H]5O[C@](C)(OC)[C@@](C)(OC)O[C@@H]54)C[C@H]3C(=O)NCC(=O)NC)N(C(=O)OCC3c4ccccc4-c4ccccc43)C2)[C@@H](OCc2ccccc2)[C@H](OCc2ccccc2)[C@H]1OCc1ccccc1. The average molecular weight is 1450 g/mol. The van der Waals surface area contributed by atoms with Crippen LogP contribution in [-0.4, -0.2) is 233 Å². The summed E-state index contributed by atoms with van der Waals surface area (Å²) in [6, 6.07) is 41.8. The first-order valence-corrected chi connectivity index (χ1v) is 35.3. The van der Waals surface area contributed by atoms with Crippen LogP contribution in [-0.2, 0) is 110 Å². The molecule has 11 rings (SSSR count). The first-order chi connectivity index (χ1) is 49.8. The third kappa shape index (κ3) is 17.9. The highest BCUT2D eigenvalue weighted by atomic mass is 32.2. The van der Waals surface area contributed by atoms with Crippen molar-refractivity contribution in [2.45, 2.75) is 156 Å². The number of benzene rings is 5. The molecule has 28 nitrogen and oxygen atoms in total. The monoisotopic (exact) mass is 1450 g/mol. The number of likely N-dealkylation sites (tertiary alicyclic amines) is 2. The molecule has 5 aliphatic heterocycles. The van der Waals surface area contributed by atoms with Crippen molar-refractivity contribution in [2.75, 3.05) is 80.1 Å². The van der Waals surface area contributed by atoms with E-state index in [9.17, 15) is 38.7 Å². The van der Waals surface area contributed by atoms with Gasteiger partial charge in [0.15, 0.2) is 6.29 Å². The molecule has 16 atom stereocenters. The van der Waals surface area contributed by atoms with Crippen molar-refractivity contribution in [3.05, 3.63) is 167 Å². The van der Waals surface area contributed by atoms with Crippen LogP contribution in [0.15, 0.2) is 140 Å². The summed E-state index contributed by atoms with van der Waals surface area (Å²) in [5.41, 5.74) is 5.93. The smallest absolute Gasteiger partial charge is 0.448 e. The summed E-state index contributed by atoms with van der Waals surface area (Å²) >= 11 is 1.50. The lowest BCUT2D eigenvalue weighted by Gasteiger charge is -2.56. The molecule has 29 heteroatoms. The molecule has 2 unspecified atom stereocenters. The van der Waals surface area contributed by atoms with Crippen LogP contribution < -0.4 is 16.0 Å². The van der Waals surface area contributed by atoms with E-state index in [2.05, 4.69) is 16.0 Å². The van der Waals surface area contributed by atoms with Gasteiger partial charge in [-0.1, -0.05) is 146 Å². The highest BCUT2D eigenvalue weighted by Gasteiger charge is 2.63. The van der Waals surface area contributed by atoms with Crippen LogP contribution >= 0.6 is 11.8 Å². The third-order valence-corrected chi connectivity index (χ3v) is 20.4. The fourth-order valence-corrected chi connectivity index (χ4v) is 14.7. The second-order valence-corrected chi connectivity index (χ2v) is 27.1. The molecule has 0 aromatic heterocycles. The highest BCUT2D eigenvalue weighted by Crippen LogP contribution is 2.46. The van der Waals surface area contributed by atoms with Crippen LogP contribution in [0.2, 0.25) is 0 Å². The number of ether oxygens (including phenoxy) is 15. The van der Waals surface area contributed by atoms with Crippen LogP contribution in [0.1, 0.15) is 67.3 Å². The maximum absolute atomic E-state index is 14.7. The van der Waals surface area contributed by atoms with Crippen molar-refractivity contribution in [1.82, 2.24) is 25.8 Å². The van der Waals surface area contributed by atoms with Crippen LogP contribution in [0.25, 0.3) is 11.1 Å². The molecule has 0 spiro atoms. The topological polar surface area (TPSA) is 321 Å². The largest absolute Gasteiger partial charge is 0.508 e. The molecule has 0 radical (unpaired) electrons. The molecule has 1 aliphatic carbocycles. The Morgan fingerprint density at radius 2 is 1.04 bits per heavy atom. The molecule has 5 aromatic carbocycles. The van der Waals surface area contributed by atoms with Crippen molar-refractivity contribution in [3.8, 4) is 11.1 Å². The Labute approximate surface area is 601 Å². The number of nitrogens with zero attached hydrogens (tertiary/aromatic N) is 2. The molecule has 6 aliphatic rings. The number of fused-ring (bicyclic) bond motifs is 4. The molecule has 5 fully saturated rings. The summed E-state index contributed by atoms with van der Waals surface area (Å²) in [6.07, 6.45) is -15.5. The minimum absolute atomic E-state index is 0.126. The van der Waals surface area contributed by atoms with Crippen molar-refractivity contribution in [1.29, 1.82) is 0 Å². The van der Waals surface area contributed by atoms with Gasteiger partial charge in [0.25, 0.3) is 0 Å². The molecule has 0 saturated carbocycles. The van der Waals surface area contributed by atoms with Crippen LogP contribution in [0, 0.1) is 0 Å². The molecule has 5 amide bonds. The van der Waals surface area contributed by atoms with Gasteiger partial charge in [-0.25, -0.2) is 14.4 Å². The lowest BCUT2D eigenvalue weighted by atomic mass is 9.94. The van der Waals surface area contributed by atoms with E-state index in [0.717, 1.165) is 48.7 Å². The van der Waals surface area contributed by atoms with Crippen molar-refractivity contribution < 1.29 is 110 Å². The number of aliphatic hydroxyl groups is 1. The Hall–Kier alpha value is -8.30. The number of hydrogen-bond acceptors (Lipinski definition) is 24. The van der Waals surface area contributed by atoms with Gasteiger partial charge in [-0.05, 0) is 58.5 Å². The molecule has 554 valence electrons. The lowest BCUT2D eigenvalue weighted by molar-refractivity contribution is -0.479. The summed E-state index contributed by atoms with van der Waals surface area (Å²) in [4.78, 5) is 99.9. The minimum Gasteiger partial charge on any atom is -0.448 e. The maximum atomic E-state index is 14.7. The summed E-state index contributed by atoms with van der Waals surface area (Å²) in [5.74, 6) is -5.81. The Balaban J connectivity index is 0.782. The summed E-state index contributed by atoms with van der Waals surface area (Å²) < 4.78 is 91.5. The standard InChI is InChI=1S/C74H89N5O23S/c1-8-103-69-65(93-40-46-26-16-11-17-27-46)64(92-39-45-24-14-10-15-25-45)61(91-38-44-22-12-9-13-23-44)56(100-69)42-95-71(86)98-48-33-55(79(37-48)70(85)94-41-53-51-30-20-18-28-49(51)50-29-19-21-31-52(50)53)67(84)77-35-59(81)78-36-47(32-54(78)66(83)76-34-58(80)75-4)97-72(87)96-43-57-62-63(60(82)68(88-5)99-57)102-74(3,90-7)73(2,89-6)101-62/h9-31,47-48,53-57,60-65,68-69,82H,8,32-43H2,1-7H3,(H,75,80)(H,76,83)(H,77,84)/t47?,48?,54-,55-,56+,57+,60-,61+,62+,63+,64-,65+,68+,69-,73-,74-/m0/s1. The van der Waals surface area contributed by atoms with Gasteiger partial charge in [-0.2, -0.15) is 0 Å². The second kappa shape index (κ2) is 35.0. The molecule has 4 N–H and O–H groups in total. The van der Waals surface area contributed by atoms with E-state index >= 15 is 0 Å². The molecular weight excluding hydrogens is 1360 g/mol. The number of aliphatic hydroxyl groups excluding tert-OH is 1. The maximum Gasteiger partial charge on any atom is 0.508 e. The Morgan fingerprint density at radius 3 is 1.56 bits per heavy atom. The second-order valence-electron chi connectivity index (χ2n) is 25.7. The number of nitrogens with one attached hydrogen (secondary N) is 3. The van der Waals surface area contributed by atoms with Crippen LogP contribution in [0.3, 0.4) is 0 Å². The number of hydrogen-bond donors (Lipinski definition) is 4. The van der Waals surface area contributed by atoms with Gasteiger partial charge in [0.05, 0.1) is 46.0 Å². The zero-order valence-electron chi connectivity index (χ0n) is 58.4. The van der Waals surface area contributed by atoms with Gasteiger partial charge in [0.2, 0.25) is 35.2 Å². The zero-order chi connectivity index (χ0) is 72.8. The molecule has 5 heterocycles. The van der Waals surface area contributed by atoms with Crippen molar-refractivity contribution >= 4 is 53.8 Å². The number of rotatable bonds is 28. The normalized spacial score (nSPS) is 28.6. The fourth-order valence-electron chi connectivity index (χ4n) is 13.7. The molecular formula is C74H89N5O23S. The van der Waals surface area contributed by atoms with E-state index in [-0.39, 0.29) is 64.9 Å². The summed E-state index contributed by atoms with van der Waals surface area (Å²) in [5, 5.41) is 18.7. The van der Waals surface area contributed by atoms with Gasteiger partial charge in [-0.3, -0.25) is 24.1 Å². The van der Waals surface area contributed by atoms with Gasteiger partial charge < -0.3 is 97.0 Å². The Kier molecular flexibility index (Phi) is 25.8. The number of carbonyl (C=O) groups is 7. The van der Waals surface area contributed by atoms with E-state index in [1.165, 1.54) is 40.1 Å². The first-order valence-electron chi connectivity index (χ1n) is 34.2. The predicted octanol–water partition coefficient (Wildman–Crippen LogP) is 6.11. The fraction of sp³-hybridized carbons (Fsp3) is 0.500. The molecule has 5 aromatic rings. The van der Waals surface area contributed by atoms with E-state index in [1.807, 2.05) is 146 Å². The van der Waals surface area contributed by atoms with Gasteiger partial charge in [-0.15, -0.1) is 11.8 Å². The molecule has 103 heavy (non-hydrogen) atoms. The summed E-state index contributed by atoms with van der Waals surface area (Å²) in [7, 11) is 5.42. The summed E-state index contributed by atoms with van der Waals surface area (Å²) in [6.45, 7) is 2.71. The van der Waals surface area contributed by atoms with Gasteiger partial charge >= 0.3 is 18.4 Å². The quantitative estimate of drug-likeness (QED) is 0.0324. The average Bonchev–Trinajstić information content (AvgIpc) is 1.49. The van der Waals surface area contributed by atoms with E-state index in [4.69, 9.17) is 71.1 Å². The predicted molar refractivity (Wildman–Crippen MR) is 367 cm³/mol. The third-order valence-electron chi connectivity index (χ3n) is 19.3. The molecule has 0 bridgehead atoms. The Morgan fingerprint density at radius 1 is 0.563 bits per heavy atom.